The highest BCUT2D eigenvalue weighted by molar-refractivity contribution is 7.99. The summed E-state index contributed by atoms with van der Waals surface area (Å²) in [4.78, 5) is 21.6. The van der Waals surface area contributed by atoms with Crippen molar-refractivity contribution in [1.29, 1.82) is 0 Å². The van der Waals surface area contributed by atoms with Gasteiger partial charge in [0.15, 0.2) is 0 Å². The zero-order valence-corrected chi connectivity index (χ0v) is 11.3. The van der Waals surface area contributed by atoms with Crippen LogP contribution in [0, 0.1) is 0 Å². The molecule has 0 spiro atoms. The standard InChI is InChI=1S/C11H22N2O3S/c1-3-17-8-6-9(2)13-11(16)12-7-4-5-10(14)15/h9H,3-8H2,1-2H3,(H,14,15)(H2,12,13,16). The number of hydrogen-bond acceptors (Lipinski definition) is 3. The minimum absolute atomic E-state index is 0.0863. The van der Waals surface area contributed by atoms with Crippen molar-refractivity contribution in [3.05, 3.63) is 0 Å². The molecule has 5 nitrogen and oxygen atoms in total. The quantitative estimate of drug-likeness (QED) is 0.552. The first kappa shape index (κ1) is 16.1. The third-order valence-corrected chi connectivity index (χ3v) is 3.06. The first-order valence-corrected chi connectivity index (χ1v) is 7.05. The number of aliphatic carboxylic acids is 1. The fourth-order valence-corrected chi connectivity index (χ4v) is 2.00. The van der Waals surface area contributed by atoms with E-state index in [1.165, 1.54) is 0 Å². The highest BCUT2D eigenvalue weighted by Gasteiger charge is 2.06. The van der Waals surface area contributed by atoms with Gasteiger partial charge in [-0.2, -0.15) is 11.8 Å². The molecule has 0 aromatic rings. The molecule has 0 aliphatic carbocycles. The van der Waals surface area contributed by atoms with Gasteiger partial charge in [-0.05, 0) is 31.3 Å². The van der Waals surface area contributed by atoms with Crippen molar-refractivity contribution in [1.82, 2.24) is 10.6 Å². The van der Waals surface area contributed by atoms with E-state index in [-0.39, 0.29) is 18.5 Å². The van der Waals surface area contributed by atoms with Crippen LogP contribution in [-0.4, -0.2) is 41.2 Å². The second kappa shape index (κ2) is 10.3. The molecule has 0 saturated carbocycles. The van der Waals surface area contributed by atoms with Crippen molar-refractivity contribution in [2.24, 2.45) is 0 Å². The molecule has 0 fully saturated rings. The van der Waals surface area contributed by atoms with Gasteiger partial charge in [0.2, 0.25) is 0 Å². The van der Waals surface area contributed by atoms with E-state index in [0.29, 0.717) is 13.0 Å². The average Bonchev–Trinajstić information content (AvgIpc) is 2.24. The van der Waals surface area contributed by atoms with Gasteiger partial charge in [0, 0.05) is 19.0 Å². The third kappa shape index (κ3) is 11.4. The van der Waals surface area contributed by atoms with Crippen LogP contribution >= 0.6 is 11.8 Å². The van der Waals surface area contributed by atoms with Gasteiger partial charge in [-0.15, -0.1) is 0 Å². The van der Waals surface area contributed by atoms with E-state index in [0.717, 1.165) is 17.9 Å². The molecule has 0 radical (unpaired) electrons. The van der Waals surface area contributed by atoms with Crippen LogP contribution < -0.4 is 10.6 Å². The molecule has 0 aliphatic rings. The maximum Gasteiger partial charge on any atom is 0.314 e. The first-order chi connectivity index (χ1) is 8.06. The van der Waals surface area contributed by atoms with Crippen LogP contribution in [0.25, 0.3) is 0 Å². The van der Waals surface area contributed by atoms with Gasteiger partial charge in [0.1, 0.15) is 0 Å². The van der Waals surface area contributed by atoms with E-state index >= 15 is 0 Å². The minimum Gasteiger partial charge on any atom is -0.481 e. The summed E-state index contributed by atoms with van der Waals surface area (Å²) in [6.45, 7) is 4.47. The van der Waals surface area contributed by atoms with Crippen molar-refractivity contribution in [3.8, 4) is 0 Å². The Morgan fingerprint density at radius 1 is 1.41 bits per heavy atom. The monoisotopic (exact) mass is 262 g/mol. The van der Waals surface area contributed by atoms with Crippen molar-refractivity contribution >= 4 is 23.8 Å². The fraction of sp³-hybridized carbons (Fsp3) is 0.818. The summed E-state index contributed by atoms with van der Waals surface area (Å²) in [5.41, 5.74) is 0. The second-order valence-corrected chi connectivity index (χ2v) is 5.18. The summed E-state index contributed by atoms with van der Waals surface area (Å²) in [7, 11) is 0. The zero-order valence-electron chi connectivity index (χ0n) is 10.5. The minimum atomic E-state index is -0.836. The molecule has 17 heavy (non-hydrogen) atoms. The van der Waals surface area contributed by atoms with Gasteiger partial charge in [0.25, 0.3) is 0 Å². The van der Waals surface area contributed by atoms with Crippen LogP contribution in [0.5, 0.6) is 0 Å². The van der Waals surface area contributed by atoms with Crippen LogP contribution in [0.3, 0.4) is 0 Å². The molecule has 1 atom stereocenters. The van der Waals surface area contributed by atoms with E-state index in [1.807, 2.05) is 18.7 Å². The zero-order chi connectivity index (χ0) is 13.1. The molecule has 2 amide bonds. The summed E-state index contributed by atoms with van der Waals surface area (Å²) in [6.07, 6.45) is 1.49. The van der Waals surface area contributed by atoms with Gasteiger partial charge < -0.3 is 15.7 Å². The lowest BCUT2D eigenvalue weighted by Crippen LogP contribution is -2.41. The number of hydrogen-bond donors (Lipinski definition) is 3. The molecular weight excluding hydrogens is 240 g/mol. The van der Waals surface area contributed by atoms with E-state index < -0.39 is 5.97 Å². The Morgan fingerprint density at radius 3 is 2.71 bits per heavy atom. The Hall–Kier alpha value is -0.910. The van der Waals surface area contributed by atoms with Gasteiger partial charge in [-0.3, -0.25) is 4.79 Å². The molecule has 1 unspecified atom stereocenters. The smallest absolute Gasteiger partial charge is 0.314 e. The summed E-state index contributed by atoms with van der Waals surface area (Å²) in [6, 6.07) is -0.0714. The molecule has 100 valence electrons. The van der Waals surface area contributed by atoms with Crippen LogP contribution in [0.4, 0.5) is 4.79 Å². The van der Waals surface area contributed by atoms with Crippen molar-refractivity contribution < 1.29 is 14.7 Å². The fourth-order valence-electron chi connectivity index (χ4n) is 1.19. The van der Waals surface area contributed by atoms with Gasteiger partial charge in [-0.1, -0.05) is 6.92 Å². The lowest BCUT2D eigenvalue weighted by Gasteiger charge is -2.14. The second-order valence-electron chi connectivity index (χ2n) is 3.78. The molecule has 0 aliphatic heterocycles. The summed E-state index contributed by atoms with van der Waals surface area (Å²) < 4.78 is 0. The number of carbonyl (C=O) groups is 2. The Balaban J connectivity index is 3.47. The molecule has 0 aromatic carbocycles. The predicted molar refractivity (Wildman–Crippen MR) is 70.5 cm³/mol. The highest BCUT2D eigenvalue weighted by atomic mass is 32.2. The van der Waals surface area contributed by atoms with Gasteiger partial charge in [-0.25, -0.2) is 4.79 Å². The van der Waals surface area contributed by atoms with Crippen LogP contribution in [-0.2, 0) is 4.79 Å². The number of carbonyl (C=O) groups excluding carboxylic acids is 1. The normalized spacial score (nSPS) is 11.9. The molecule has 0 aromatic heterocycles. The third-order valence-electron chi connectivity index (χ3n) is 2.13. The highest BCUT2D eigenvalue weighted by Crippen LogP contribution is 2.03. The van der Waals surface area contributed by atoms with Gasteiger partial charge in [0.05, 0.1) is 0 Å². The molecule has 0 heterocycles. The lowest BCUT2D eigenvalue weighted by atomic mass is 10.3. The Morgan fingerprint density at radius 2 is 2.12 bits per heavy atom. The van der Waals surface area contributed by atoms with Crippen molar-refractivity contribution in [2.75, 3.05) is 18.1 Å². The average molecular weight is 262 g/mol. The van der Waals surface area contributed by atoms with Crippen LogP contribution in [0.15, 0.2) is 0 Å². The molecule has 0 saturated heterocycles. The summed E-state index contributed by atoms with van der Waals surface area (Å²) in [5, 5.41) is 13.9. The van der Waals surface area contributed by atoms with Gasteiger partial charge >= 0.3 is 12.0 Å². The Kier molecular flexibility index (Phi) is 9.71. The molecule has 3 N–H and O–H groups in total. The summed E-state index contributed by atoms with van der Waals surface area (Å²) >= 11 is 1.85. The maximum absolute atomic E-state index is 11.4. The maximum atomic E-state index is 11.4. The number of amides is 2. The lowest BCUT2D eigenvalue weighted by molar-refractivity contribution is -0.137. The number of carboxylic acids is 1. The molecule has 0 bridgehead atoms. The van der Waals surface area contributed by atoms with E-state index in [4.69, 9.17) is 5.11 Å². The van der Waals surface area contributed by atoms with E-state index in [1.54, 1.807) is 0 Å². The SMILES string of the molecule is CCSCCC(C)NC(=O)NCCCC(=O)O. The first-order valence-electron chi connectivity index (χ1n) is 5.90. The summed E-state index contributed by atoms with van der Waals surface area (Å²) in [5.74, 6) is 1.29. The number of rotatable bonds is 9. The number of urea groups is 1. The van der Waals surface area contributed by atoms with Crippen LogP contribution in [0.2, 0.25) is 0 Å². The number of carboxylic acid groups (broad SMARTS) is 1. The Bertz CT molecular complexity index is 237. The van der Waals surface area contributed by atoms with Crippen molar-refractivity contribution in [2.45, 2.75) is 39.2 Å². The van der Waals surface area contributed by atoms with E-state index in [2.05, 4.69) is 17.6 Å². The molecular formula is C11H22N2O3S. The number of thioether (sulfide) groups is 1. The van der Waals surface area contributed by atoms with E-state index in [9.17, 15) is 9.59 Å². The molecule has 0 rings (SSSR count). The largest absolute Gasteiger partial charge is 0.481 e. The molecule has 6 heteroatoms. The van der Waals surface area contributed by atoms with Crippen LogP contribution in [0.1, 0.15) is 33.1 Å². The number of nitrogens with one attached hydrogen (secondary N) is 2. The topological polar surface area (TPSA) is 78.4 Å². The predicted octanol–water partition coefficient (Wildman–Crippen LogP) is 1.68. The van der Waals surface area contributed by atoms with Crippen molar-refractivity contribution in [3.63, 3.8) is 0 Å². The Labute approximate surface area is 107 Å².